The maximum absolute atomic E-state index is 12.8. The number of hydrogen-bond acceptors (Lipinski definition) is 2. The highest BCUT2D eigenvalue weighted by molar-refractivity contribution is 9.10. The van der Waals surface area contributed by atoms with Crippen LogP contribution in [-0.4, -0.2) is 8.42 Å². The van der Waals surface area contributed by atoms with Gasteiger partial charge in [0.25, 0.3) is 9.05 Å². The minimum Gasteiger partial charge on any atom is -0.207 e. The lowest BCUT2D eigenvalue weighted by atomic mass is 10.3. The van der Waals surface area contributed by atoms with Gasteiger partial charge in [-0.3, -0.25) is 0 Å². The van der Waals surface area contributed by atoms with Crippen molar-refractivity contribution in [2.24, 2.45) is 0 Å². The summed E-state index contributed by atoms with van der Waals surface area (Å²) in [7, 11) is 0.958. The van der Waals surface area contributed by atoms with Crippen LogP contribution < -0.4 is 0 Å². The molecule has 0 aliphatic heterocycles. The Bertz CT molecular complexity index is 404. The van der Waals surface area contributed by atoms with Crippen LogP contribution in [0.25, 0.3) is 0 Å². The maximum Gasteiger partial charge on any atom is 0.264 e. The van der Waals surface area contributed by atoms with Gasteiger partial charge in [-0.15, -0.1) is 0 Å². The van der Waals surface area contributed by atoms with Crippen molar-refractivity contribution in [3.8, 4) is 0 Å². The van der Waals surface area contributed by atoms with Crippen LogP contribution >= 0.6 is 26.6 Å². The van der Waals surface area contributed by atoms with Gasteiger partial charge >= 0.3 is 0 Å². The van der Waals surface area contributed by atoms with Gasteiger partial charge in [0.15, 0.2) is 0 Å². The number of benzene rings is 1. The zero-order chi connectivity index (χ0) is 9.35. The van der Waals surface area contributed by atoms with E-state index >= 15 is 0 Å². The first-order valence-corrected chi connectivity index (χ1v) is 5.91. The molecule has 0 N–H and O–H groups in total. The fraction of sp³-hybridized carbons (Fsp3) is 0. The van der Waals surface area contributed by atoms with Crippen molar-refractivity contribution in [3.05, 3.63) is 28.5 Å². The van der Waals surface area contributed by atoms with Gasteiger partial charge in [-0.2, -0.15) is 0 Å². The molecule has 0 fully saturated rings. The zero-order valence-corrected chi connectivity index (χ0v) is 8.75. The molecule has 1 aromatic rings. The third-order valence-electron chi connectivity index (χ3n) is 1.16. The second kappa shape index (κ2) is 3.32. The number of rotatable bonds is 1. The molecule has 0 atom stereocenters. The van der Waals surface area contributed by atoms with E-state index in [0.29, 0.717) is 4.47 Å². The molecule has 0 aliphatic rings. The zero-order valence-electron chi connectivity index (χ0n) is 5.59. The summed E-state index contributed by atoms with van der Waals surface area (Å²) < 4.78 is 34.7. The third kappa shape index (κ3) is 2.18. The van der Waals surface area contributed by atoms with E-state index in [2.05, 4.69) is 15.9 Å². The Labute approximate surface area is 81.9 Å². The van der Waals surface area contributed by atoms with Crippen LogP contribution in [0.5, 0.6) is 0 Å². The lowest BCUT2D eigenvalue weighted by molar-refractivity contribution is 0.575. The van der Waals surface area contributed by atoms with Gasteiger partial charge in [0, 0.05) is 15.2 Å². The van der Waals surface area contributed by atoms with Gasteiger partial charge < -0.3 is 0 Å². The molecule has 6 heteroatoms. The predicted octanol–water partition coefficient (Wildman–Crippen LogP) is 2.52. The highest BCUT2D eigenvalue weighted by Gasteiger charge is 2.15. The van der Waals surface area contributed by atoms with E-state index in [1.54, 1.807) is 0 Å². The molecule has 0 unspecified atom stereocenters. The molecule has 0 heterocycles. The van der Waals surface area contributed by atoms with Crippen LogP contribution in [0.2, 0.25) is 0 Å². The van der Waals surface area contributed by atoms with Crippen molar-refractivity contribution >= 4 is 35.7 Å². The highest BCUT2D eigenvalue weighted by Crippen LogP contribution is 2.22. The lowest BCUT2D eigenvalue weighted by Gasteiger charge is -1.97. The Morgan fingerprint density at radius 3 is 2.42 bits per heavy atom. The van der Waals surface area contributed by atoms with Crippen molar-refractivity contribution in [2.75, 3.05) is 0 Å². The van der Waals surface area contributed by atoms with E-state index in [-0.39, 0.29) is 0 Å². The van der Waals surface area contributed by atoms with E-state index in [0.717, 1.165) is 12.1 Å². The summed E-state index contributed by atoms with van der Waals surface area (Å²) in [6, 6.07) is 3.53. The molecule has 0 aliphatic carbocycles. The molecule has 1 rings (SSSR count). The Morgan fingerprint density at radius 2 is 2.00 bits per heavy atom. The first-order chi connectivity index (χ1) is 5.41. The Morgan fingerprint density at radius 1 is 1.42 bits per heavy atom. The summed E-state index contributed by atoms with van der Waals surface area (Å²) in [4.78, 5) is -0.515. The van der Waals surface area contributed by atoms with Crippen LogP contribution in [0.3, 0.4) is 0 Å². The quantitative estimate of drug-likeness (QED) is 0.737. The molecular formula is C6H3BrClFO2S. The summed E-state index contributed by atoms with van der Waals surface area (Å²) in [5.41, 5.74) is 0. The van der Waals surface area contributed by atoms with Gasteiger partial charge in [-0.05, 0) is 18.2 Å². The summed E-state index contributed by atoms with van der Waals surface area (Å²) >= 11 is 3.00. The molecule has 2 nitrogen and oxygen atoms in total. The molecule has 66 valence electrons. The van der Waals surface area contributed by atoms with E-state index in [9.17, 15) is 12.8 Å². The third-order valence-corrected chi connectivity index (χ3v) is 2.99. The Kier molecular flexibility index (Phi) is 2.75. The normalized spacial score (nSPS) is 11.6. The summed E-state index contributed by atoms with van der Waals surface area (Å²) in [5.74, 6) is -0.854. The fourth-order valence-corrected chi connectivity index (χ4v) is 2.10. The van der Waals surface area contributed by atoms with Crippen molar-refractivity contribution in [1.29, 1.82) is 0 Å². The molecular weight excluding hydrogens is 270 g/mol. The van der Waals surface area contributed by atoms with Crippen molar-refractivity contribution in [2.45, 2.75) is 4.90 Å². The van der Waals surface area contributed by atoms with E-state index in [1.165, 1.54) is 6.07 Å². The first kappa shape index (κ1) is 9.95. The van der Waals surface area contributed by atoms with E-state index < -0.39 is 19.8 Å². The highest BCUT2D eigenvalue weighted by atomic mass is 79.9. The molecule has 0 saturated heterocycles. The van der Waals surface area contributed by atoms with Gasteiger partial charge in [-0.1, -0.05) is 15.9 Å². The van der Waals surface area contributed by atoms with Crippen molar-refractivity contribution < 1.29 is 12.8 Å². The molecule has 0 spiro atoms. The van der Waals surface area contributed by atoms with Gasteiger partial charge in [0.1, 0.15) is 10.7 Å². The molecule has 0 bridgehead atoms. The van der Waals surface area contributed by atoms with E-state index in [1.807, 2.05) is 0 Å². The minimum atomic E-state index is -3.99. The summed E-state index contributed by atoms with van der Waals surface area (Å²) in [6.45, 7) is 0. The maximum atomic E-state index is 12.8. The van der Waals surface area contributed by atoms with Gasteiger partial charge in [-0.25, -0.2) is 12.8 Å². The van der Waals surface area contributed by atoms with Crippen molar-refractivity contribution in [1.82, 2.24) is 0 Å². The standard InChI is InChI=1S/C6H3BrClFO2S/c7-4-1-2-5(9)6(3-4)12(8,10)11/h1-3H. The topological polar surface area (TPSA) is 34.1 Å². The number of halogens is 3. The average Bonchev–Trinajstić information content (AvgIpc) is 1.92. The van der Waals surface area contributed by atoms with E-state index in [4.69, 9.17) is 10.7 Å². The minimum absolute atomic E-state index is 0.461. The molecule has 1 aromatic carbocycles. The van der Waals surface area contributed by atoms with Gasteiger partial charge in [0.05, 0.1) is 0 Å². The second-order valence-electron chi connectivity index (χ2n) is 2.01. The smallest absolute Gasteiger partial charge is 0.207 e. The number of hydrogen-bond donors (Lipinski definition) is 0. The van der Waals surface area contributed by atoms with Crippen LogP contribution in [-0.2, 0) is 9.05 Å². The van der Waals surface area contributed by atoms with Crippen LogP contribution in [0.15, 0.2) is 27.6 Å². The fourth-order valence-electron chi connectivity index (χ4n) is 0.664. The predicted molar refractivity (Wildman–Crippen MR) is 47.1 cm³/mol. The Balaban J connectivity index is 3.43. The van der Waals surface area contributed by atoms with Crippen molar-refractivity contribution in [3.63, 3.8) is 0 Å². The van der Waals surface area contributed by atoms with Crippen LogP contribution in [0.4, 0.5) is 4.39 Å². The van der Waals surface area contributed by atoms with Crippen LogP contribution in [0.1, 0.15) is 0 Å². The monoisotopic (exact) mass is 272 g/mol. The largest absolute Gasteiger partial charge is 0.264 e. The molecule has 0 saturated carbocycles. The molecule has 12 heavy (non-hydrogen) atoms. The molecule has 0 amide bonds. The SMILES string of the molecule is O=S(=O)(Cl)c1cc(Br)ccc1F. The van der Waals surface area contributed by atoms with Gasteiger partial charge in [0.2, 0.25) is 0 Å². The molecule has 0 aromatic heterocycles. The lowest BCUT2D eigenvalue weighted by Crippen LogP contribution is -1.94. The average molecular weight is 274 g/mol. The second-order valence-corrected chi connectivity index (χ2v) is 5.46. The first-order valence-electron chi connectivity index (χ1n) is 2.81. The summed E-state index contributed by atoms with van der Waals surface area (Å²) in [6.07, 6.45) is 0. The summed E-state index contributed by atoms with van der Waals surface area (Å²) in [5, 5.41) is 0. The molecule has 0 radical (unpaired) electrons. The van der Waals surface area contributed by atoms with Crippen LogP contribution in [0, 0.1) is 5.82 Å². The Hall–Kier alpha value is -0.130.